The number of carbonyl (C=O) groups excluding carboxylic acids is 1. The molecule has 2 aliphatic rings. The molecule has 0 aromatic rings. The van der Waals surface area contributed by atoms with E-state index in [-0.39, 0.29) is 36.5 Å². The van der Waals surface area contributed by atoms with E-state index in [0.29, 0.717) is 6.61 Å². The van der Waals surface area contributed by atoms with Crippen LogP contribution in [0, 0.1) is 11.8 Å². The highest BCUT2D eigenvalue weighted by Gasteiger charge is 2.32. The summed E-state index contributed by atoms with van der Waals surface area (Å²) in [6, 6.07) is 0.164. The zero-order valence-electron chi connectivity index (χ0n) is 10.5. The fourth-order valence-electron chi connectivity index (χ4n) is 2.92. The molecule has 4 nitrogen and oxygen atoms in total. The Kier molecular flexibility index (Phi) is 4.40. The molecule has 17 heavy (non-hydrogen) atoms. The maximum atomic E-state index is 12.0. The number of amides is 1. The molecule has 1 saturated heterocycles. The molecule has 2 fully saturated rings. The van der Waals surface area contributed by atoms with Crippen molar-refractivity contribution in [1.82, 2.24) is 5.32 Å². The van der Waals surface area contributed by atoms with Crippen molar-refractivity contribution in [3.63, 3.8) is 0 Å². The molecule has 1 amide bonds. The molecule has 1 aliphatic carbocycles. The van der Waals surface area contributed by atoms with Gasteiger partial charge < -0.3 is 15.2 Å². The fraction of sp³-hybridized carbons (Fsp3) is 0.923. The van der Waals surface area contributed by atoms with Gasteiger partial charge in [-0.2, -0.15) is 0 Å². The fourth-order valence-corrected chi connectivity index (χ4v) is 2.92. The van der Waals surface area contributed by atoms with Gasteiger partial charge >= 0.3 is 0 Å². The minimum absolute atomic E-state index is 0.00580. The first-order valence-corrected chi connectivity index (χ1v) is 6.73. The zero-order chi connectivity index (χ0) is 12.3. The molecule has 0 aromatic heterocycles. The molecule has 1 saturated carbocycles. The molecule has 4 heteroatoms. The molecule has 2 N–H and O–H groups in total. The number of aliphatic hydroxyl groups excluding tert-OH is 1. The molecule has 2 rings (SSSR count). The molecular formula is C13H23NO3. The average Bonchev–Trinajstić information content (AvgIpc) is 2.77. The van der Waals surface area contributed by atoms with Gasteiger partial charge in [-0.05, 0) is 26.2 Å². The number of rotatable bonds is 3. The lowest BCUT2D eigenvalue weighted by Crippen LogP contribution is -2.45. The highest BCUT2D eigenvalue weighted by Crippen LogP contribution is 2.25. The second-order valence-corrected chi connectivity index (χ2v) is 5.42. The summed E-state index contributed by atoms with van der Waals surface area (Å²) < 4.78 is 5.42. The first-order valence-electron chi connectivity index (χ1n) is 6.73. The van der Waals surface area contributed by atoms with Gasteiger partial charge in [-0.25, -0.2) is 0 Å². The largest absolute Gasteiger partial charge is 0.396 e. The Morgan fingerprint density at radius 2 is 2.18 bits per heavy atom. The Morgan fingerprint density at radius 1 is 1.41 bits per heavy atom. The van der Waals surface area contributed by atoms with Gasteiger partial charge in [0.05, 0.1) is 18.6 Å². The standard InChI is InChI=1S/C13H23NO3/c1-9-6-11(8-17-9)13(16)14-12-5-3-2-4-10(12)7-15/h9-12,15H,2-8H2,1H3,(H,14,16). The Morgan fingerprint density at radius 3 is 2.82 bits per heavy atom. The minimum atomic E-state index is 0.00580. The van der Waals surface area contributed by atoms with E-state index in [0.717, 1.165) is 25.7 Å². The number of aliphatic hydroxyl groups is 1. The third-order valence-corrected chi connectivity index (χ3v) is 4.04. The van der Waals surface area contributed by atoms with E-state index in [1.54, 1.807) is 0 Å². The molecule has 0 spiro atoms. The van der Waals surface area contributed by atoms with Gasteiger partial charge in [0.2, 0.25) is 5.91 Å². The Balaban J connectivity index is 1.84. The van der Waals surface area contributed by atoms with Crippen LogP contribution in [0.5, 0.6) is 0 Å². The van der Waals surface area contributed by atoms with E-state index < -0.39 is 0 Å². The topological polar surface area (TPSA) is 58.6 Å². The number of hydrogen-bond acceptors (Lipinski definition) is 3. The van der Waals surface area contributed by atoms with Crippen molar-refractivity contribution in [2.45, 2.75) is 51.2 Å². The van der Waals surface area contributed by atoms with E-state index in [1.807, 2.05) is 6.92 Å². The van der Waals surface area contributed by atoms with Crippen LogP contribution in [0.2, 0.25) is 0 Å². The van der Waals surface area contributed by atoms with Crippen LogP contribution in [0.3, 0.4) is 0 Å². The maximum Gasteiger partial charge on any atom is 0.225 e. The highest BCUT2D eigenvalue weighted by molar-refractivity contribution is 5.79. The van der Waals surface area contributed by atoms with Crippen LogP contribution in [0.4, 0.5) is 0 Å². The van der Waals surface area contributed by atoms with E-state index in [4.69, 9.17) is 4.74 Å². The van der Waals surface area contributed by atoms with E-state index in [2.05, 4.69) is 5.32 Å². The van der Waals surface area contributed by atoms with Crippen LogP contribution in [0.25, 0.3) is 0 Å². The van der Waals surface area contributed by atoms with Gasteiger partial charge in [-0.3, -0.25) is 4.79 Å². The molecule has 1 aliphatic heterocycles. The average molecular weight is 241 g/mol. The second kappa shape index (κ2) is 5.83. The first kappa shape index (κ1) is 12.8. The summed E-state index contributed by atoms with van der Waals surface area (Å²) in [5.74, 6) is 0.360. The Bertz CT molecular complexity index is 269. The SMILES string of the molecule is CC1CC(C(=O)NC2CCCCC2CO)CO1. The molecule has 4 atom stereocenters. The predicted octanol–water partition coefficient (Wildman–Crippen LogP) is 1.08. The van der Waals surface area contributed by atoms with Crippen molar-refractivity contribution in [3.05, 3.63) is 0 Å². The lowest BCUT2D eigenvalue weighted by atomic mass is 9.84. The summed E-state index contributed by atoms with van der Waals surface area (Å²) >= 11 is 0. The van der Waals surface area contributed by atoms with E-state index in [9.17, 15) is 9.90 Å². The predicted molar refractivity (Wildman–Crippen MR) is 64.5 cm³/mol. The van der Waals surface area contributed by atoms with Crippen molar-refractivity contribution in [1.29, 1.82) is 0 Å². The maximum absolute atomic E-state index is 12.0. The van der Waals surface area contributed by atoms with Gasteiger partial charge in [0, 0.05) is 18.6 Å². The van der Waals surface area contributed by atoms with Crippen LogP contribution in [-0.2, 0) is 9.53 Å². The second-order valence-electron chi connectivity index (χ2n) is 5.42. The van der Waals surface area contributed by atoms with E-state index >= 15 is 0 Å². The molecular weight excluding hydrogens is 218 g/mol. The Hall–Kier alpha value is -0.610. The van der Waals surface area contributed by atoms with Gasteiger partial charge in [-0.15, -0.1) is 0 Å². The number of hydrogen-bond donors (Lipinski definition) is 2. The van der Waals surface area contributed by atoms with Crippen molar-refractivity contribution < 1.29 is 14.6 Å². The van der Waals surface area contributed by atoms with Crippen LogP contribution >= 0.6 is 0 Å². The van der Waals surface area contributed by atoms with Crippen molar-refractivity contribution in [2.75, 3.05) is 13.2 Å². The summed E-state index contributed by atoms with van der Waals surface area (Å²) in [7, 11) is 0. The van der Waals surface area contributed by atoms with Crippen LogP contribution in [0.1, 0.15) is 39.0 Å². The van der Waals surface area contributed by atoms with Crippen LogP contribution < -0.4 is 5.32 Å². The molecule has 98 valence electrons. The summed E-state index contributed by atoms with van der Waals surface area (Å²) in [6.07, 6.45) is 5.37. The summed E-state index contributed by atoms with van der Waals surface area (Å²) in [6.45, 7) is 2.73. The third kappa shape index (κ3) is 3.19. The minimum Gasteiger partial charge on any atom is -0.396 e. The smallest absolute Gasteiger partial charge is 0.225 e. The summed E-state index contributed by atoms with van der Waals surface area (Å²) in [4.78, 5) is 12.0. The molecule has 1 heterocycles. The first-order chi connectivity index (χ1) is 8.20. The summed E-state index contributed by atoms with van der Waals surface area (Å²) in [5, 5.41) is 12.4. The normalized spacial score (nSPS) is 38.0. The highest BCUT2D eigenvalue weighted by atomic mass is 16.5. The number of ether oxygens (including phenoxy) is 1. The van der Waals surface area contributed by atoms with Crippen molar-refractivity contribution in [3.8, 4) is 0 Å². The van der Waals surface area contributed by atoms with Crippen LogP contribution in [-0.4, -0.2) is 36.4 Å². The van der Waals surface area contributed by atoms with Gasteiger partial charge in [0.15, 0.2) is 0 Å². The monoisotopic (exact) mass is 241 g/mol. The molecule has 0 radical (unpaired) electrons. The number of carbonyl (C=O) groups is 1. The summed E-state index contributed by atoms with van der Waals surface area (Å²) in [5.41, 5.74) is 0. The molecule has 0 bridgehead atoms. The number of nitrogens with one attached hydrogen (secondary N) is 1. The lowest BCUT2D eigenvalue weighted by Gasteiger charge is -2.31. The third-order valence-electron chi connectivity index (χ3n) is 4.04. The lowest BCUT2D eigenvalue weighted by molar-refractivity contribution is -0.126. The van der Waals surface area contributed by atoms with Gasteiger partial charge in [-0.1, -0.05) is 12.8 Å². The van der Waals surface area contributed by atoms with Crippen molar-refractivity contribution in [2.24, 2.45) is 11.8 Å². The zero-order valence-corrected chi connectivity index (χ0v) is 10.5. The Labute approximate surface area is 103 Å². The van der Waals surface area contributed by atoms with E-state index in [1.165, 1.54) is 6.42 Å². The quantitative estimate of drug-likeness (QED) is 0.777. The molecule has 0 aromatic carbocycles. The van der Waals surface area contributed by atoms with Crippen LogP contribution in [0.15, 0.2) is 0 Å². The van der Waals surface area contributed by atoms with Gasteiger partial charge in [0.25, 0.3) is 0 Å². The van der Waals surface area contributed by atoms with Crippen molar-refractivity contribution >= 4 is 5.91 Å². The van der Waals surface area contributed by atoms with Gasteiger partial charge in [0.1, 0.15) is 0 Å². The molecule has 4 unspecified atom stereocenters.